The van der Waals surface area contributed by atoms with E-state index in [1.807, 2.05) is 42.5 Å². The molecule has 158 valence electrons. The second kappa shape index (κ2) is 8.60. The van der Waals surface area contributed by atoms with Gasteiger partial charge in [-0.1, -0.05) is 60.4 Å². The highest BCUT2D eigenvalue weighted by Gasteiger charge is 2.28. The molecular formula is C27H22N2O3. The van der Waals surface area contributed by atoms with Crippen molar-refractivity contribution < 1.29 is 14.3 Å². The second-order valence-electron chi connectivity index (χ2n) is 7.90. The van der Waals surface area contributed by atoms with Crippen LogP contribution in [0.15, 0.2) is 66.7 Å². The molecule has 0 fully saturated rings. The molecule has 0 saturated heterocycles. The van der Waals surface area contributed by atoms with Gasteiger partial charge < -0.3 is 15.4 Å². The lowest BCUT2D eigenvalue weighted by Gasteiger charge is -2.16. The zero-order valence-corrected chi connectivity index (χ0v) is 17.5. The number of hydrogen-bond donors (Lipinski definition) is 2. The third-order valence-electron chi connectivity index (χ3n) is 5.90. The van der Waals surface area contributed by atoms with Crippen LogP contribution in [0.5, 0.6) is 0 Å². The summed E-state index contributed by atoms with van der Waals surface area (Å²) in [5.74, 6) is 6.09. The van der Waals surface area contributed by atoms with Crippen LogP contribution in [0.25, 0.3) is 11.1 Å². The van der Waals surface area contributed by atoms with Crippen molar-refractivity contribution in [3.05, 3.63) is 89.0 Å². The van der Waals surface area contributed by atoms with E-state index in [1.54, 1.807) is 0 Å². The lowest BCUT2D eigenvalue weighted by Crippen LogP contribution is -2.26. The van der Waals surface area contributed by atoms with E-state index in [2.05, 4.69) is 46.7 Å². The Kier molecular flexibility index (Phi) is 5.35. The normalized spacial score (nSPS) is 13.7. The molecule has 0 radical (unpaired) electrons. The topological polar surface area (TPSA) is 67.4 Å². The van der Waals surface area contributed by atoms with Gasteiger partial charge in [-0.05, 0) is 52.4 Å². The smallest absolute Gasteiger partial charge is 0.407 e. The minimum Gasteiger partial charge on any atom is -0.449 e. The molecule has 5 rings (SSSR count). The van der Waals surface area contributed by atoms with Crippen LogP contribution in [-0.4, -0.2) is 25.2 Å². The molecule has 0 bridgehead atoms. The van der Waals surface area contributed by atoms with Crippen molar-refractivity contribution in [1.82, 2.24) is 5.32 Å². The molecule has 5 heteroatoms. The van der Waals surface area contributed by atoms with Gasteiger partial charge in [-0.2, -0.15) is 0 Å². The quantitative estimate of drug-likeness (QED) is 0.613. The number of ether oxygens (including phenoxy) is 1. The molecule has 1 aliphatic heterocycles. The zero-order valence-electron chi connectivity index (χ0n) is 17.5. The molecule has 2 amide bonds. The number of benzene rings is 3. The van der Waals surface area contributed by atoms with Gasteiger partial charge in [-0.25, -0.2) is 4.79 Å². The molecule has 1 aliphatic carbocycles. The number of fused-ring (bicyclic) bond motifs is 4. The van der Waals surface area contributed by atoms with E-state index in [9.17, 15) is 9.59 Å². The molecule has 32 heavy (non-hydrogen) atoms. The first kappa shape index (κ1) is 19.9. The van der Waals surface area contributed by atoms with Crippen molar-refractivity contribution in [2.75, 3.05) is 18.5 Å². The van der Waals surface area contributed by atoms with Crippen LogP contribution in [-0.2, 0) is 16.0 Å². The van der Waals surface area contributed by atoms with Crippen LogP contribution in [0.2, 0.25) is 0 Å². The van der Waals surface area contributed by atoms with Crippen LogP contribution in [0, 0.1) is 11.8 Å². The minimum absolute atomic E-state index is 0.0372. The Morgan fingerprint density at radius 1 is 1.00 bits per heavy atom. The zero-order chi connectivity index (χ0) is 21.9. The highest BCUT2D eigenvalue weighted by molar-refractivity contribution is 5.94. The predicted molar refractivity (Wildman–Crippen MR) is 123 cm³/mol. The maximum atomic E-state index is 12.2. The van der Waals surface area contributed by atoms with Gasteiger partial charge in [0.15, 0.2) is 0 Å². The summed E-state index contributed by atoms with van der Waals surface area (Å²) in [6.07, 6.45) is 0.733. The Morgan fingerprint density at radius 3 is 2.47 bits per heavy atom. The van der Waals surface area contributed by atoms with Crippen LogP contribution in [0.1, 0.15) is 34.6 Å². The van der Waals surface area contributed by atoms with Crippen molar-refractivity contribution >= 4 is 17.7 Å². The Bertz CT molecular complexity index is 1220. The third-order valence-corrected chi connectivity index (χ3v) is 5.90. The largest absolute Gasteiger partial charge is 0.449 e. The van der Waals surface area contributed by atoms with Crippen LogP contribution < -0.4 is 10.6 Å². The summed E-state index contributed by atoms with van der Waals surface area (Å²) >= 11 is 0. The molecule has 0 atom stereocenters. The maximum Gasteiger partial charge on any atom is 0.407 e. The highest BCUT2D eigenvalue weighted by atomic mass is 16.5. The number of amides is 2. The second-order valence-corrected chi connectivity index (χ2v) is 7.90. The fourth-order valence-electron chi connectivity index (χ4n) is 4.37. The highest BCUT2D eigenvalue weighted by Crippen LogP contribution is 2.44. The number of anilines is 1. The summed E-state index contributed by atoms with van der Waals surface area (Å²) in [7, 11) is 0. The molecule has 2 N–H and O–H groups in total. The molecule has 5 nitrogen and oxygen atoms in total. The number of carbonyl (C=O) groups is 2. The first-order valence-corrected chi connectivity index (χ1v) is 10.7. The van der Waals surface area contributed by atoms with Crippen molar-refractivity contribution in [3.63, 3.8) is 0 Å². The SMILES string of the molecule is O=C1CCc2cc(C#CCNC(=O)OCC3c4ccccc4-c4ccccc43)ccc2N1. The molecule has 0 saturated carbocycles. The summed E-state index contributed by atoms with van der Waals surface area (Å²) in [6.45, 7) is 0.480. The first-order chi connectivity index (χ1) is 15.7. The molecule has 0 spiro atoms. The van der Waals surface area contributed by atoms with Crippen LogP contribution >= 0.6 is 0 Å². The van der Waals surface area contributed by atoms with E-state index in [1.165, 1.54) is 22.3 Å². The van der Waals surface area contributed by atoms with E-state index < -0.39 is 6.09 Å². The van der Waals surface area contributed by atoms with Crippen molar-refractivity contribution in [2.45, 2.75) is 18.8 Å². The Balaban J connectivity index is 1.17. The number of aryl methyl sites for hydroxylation is 1. The van der Waals surface area contributed by atoms with Crippen LogP contribution in [0.3, 0.4) is 0 Å². The summed E-state index contributed by atoms with van der Waals surface area (Å²) in [6, 6.07) is 22.2. The van der Waals surface area contributed by atoms with Crippen molar-refractivity contribution in [2.24, 2.45) is 0 Å². The number of nitrogens with one attached hydrogen (secondary N) is 2. The van der Waals surface area contributed by atoms with Gasteiger partial charge in [0.05, 0.1) is 6.54 Å². The third kappa shape index (κ3) is 3.95. The monoisotopic (exact) mass is 422 g/mol. The first-order valence-electron chi connectivity index (χ1n) is 10.7. The average Bonchev–Trinajstić information content (AvgIpc) is 3.14. The van der Waals surface area contributed by atoms with E-state index in [0.29, 0.717) is 12.8 Å². The lowest BCUT2D eigenvalue weighted by atomic mass is 9.98. The fraction of sp³-hybridized carbons (Fsp3) is 0.185. The van der Waals surface area contributed by atoms with Gasteiger partial charge >= 0.3 is 6.09 Å². The van der Waals surface area contributed by atoms with Gasteiger partial charge in [0.25, 0.3) is 0 Å². The van der Waals surface area contributed by atoms with Gasteiger partial charge in [0.1, 0.15) is 6.61 Å². The summed E-state index contributed by atoms with van der Waals surface area (Å²) in [4.78, 5) is 23.7. The van der Waals surface area contributed by atoms with Gasteiger partial charge in [-0.3, -0.25) is 4.79 Å². The number of hydrogen-bond acceptors (Lipinski definition) is 3. The van der Waals surface area contributed by atoms with E-state index >= 15 is 0 Å². The summed E-state index contributed by atoms with van der Waals surface area (Å²) in [5, 5.41) is 5.56. The summed E-state index contributed by atoms with van der Waals surface area (Å²) in [5.41, 5.74) is 7.56. The Labute approximate surface area is 186 Å². The molecule has 3 aromatic carbocycles. The van der Waals surface area contributed by atoms with Gasteiger partial charge in [0, 0.05) is 23.6 Å². The molecular weight excluding hydrogens is 400 g/mol. The minimum atomic E-state index is -0.477. The van der Waals surface area contributed by atoms with E-state index in [4.69, 9.17) is 4.74 Å². The molecule has 0 aromatic heterocycles. The van der Waals surface area contributed by atoms with E-state index in [0.717, 1.165) is 16.8 Å². The average molecular weight is 422 g/mol. The number of rotatable bonds is 3. The number of alkyl carbamates (subject to hydrolysis) is 1. The fourth-order valence-corrected chi connectivity index (χ4v) is 4.37. The Morgan fingerprint density at radius 2 is 1.72 bits per heavy atom. The van der Waals surface area contributed by atoms with Gasteiger partial charge in [-0.15, -0.1) is 0 Å². The van der Waals surface area contributed by atoms with Gasteiger partial charge in [0.2, 0.25) is 5.91 Å². The molecule has 3 aromatic rings. The predicted octanol–water partition coefficient (Wildman–Crippen LogP) is 4.46. The number of carbonyl (C=O) groups excluding carboxylic acids is 2. The summed E-state index contributed by atoms with van der Waals surface area (Å²) < 4.78 is 5.52. The molecule has 1 heterocycles. The maximum absolute atomic E-state index is 12.2. The standard InChI is InChI=1S/C27H22N2O3/c30-26-14-12-19-16-18(11-13-25(19)29-26)6-5-15-28-27(31)32-17-24-22-9-3-1-7-20(22)21-8-2-4-10-23(21)24/h1-4,7-11,13,16,24H,12,14-15,17H2,(H,28,31)(H,29,30). The van der Waals surface area contributed by atoms with Crippen molar-refractivity contribution in [1.29, 1.82) is 0 Å². The van der Waals surface area contributed by atoms with E-state index in [-0.39, 0.29) is 25.0 Å². The van der Waals surface area contributed by atoms with Crippen LogP contribution in [0.4, 0.5) is 10.5 Å². The van der Waals surface area contributed by atoms with Crippen molar-refractivity contribution in [3.8, 4) is 23.0 Å². The lowest BCUT2D eigenvalue weighted by molar-refractivity contribution is -0.116. The Hall–Kier alpha value is -4.04. The molecule has 2 aliphatic rings. The molecule has 0 unspecified atom stereocenters.